The molecular formula is C10H12N2O. The van der Waals surface area contributed by atoms with Crippen LogP contribution in [0.5, 0.6) is 5.75 Å². The van der Waals surface area contributed by atoms with Crippen molar-refractivity contribution in [3.63, 3.8) is 0 Å². The normalized spacial score (nSPS) is 9.69. The lowest BCUT2D eigenvalue weighted by Gasteiger charge is -2.09. The molecule has 0 aliphatic heterocycles. The van der Waals surface area contributed by atoms with Gasteiger partial charge >= 0.3 is 0 Å². The van der Waals surface area contributed by atoms with E-state index in [0.29, 0.717) is 6.42 Å². The van der Waals surface area contributed by atoms with E-state index >= 15 is 0 Å². The number of hydrogen-bond donors (Lipinski definition) is 0. The Morgan fingerprint density at radius 3 is 3.00 bits per heavy atom. The monoisotopic (exact) mass is 176 g/mol. The lowest BCUT2D eigenvalue weighted by Crippen LogP contribution is -2.05. The summed E-state index contributed by atoms with van der Waals surface area (Å²) in [6.45, 7) is 3.93. The first-order valence-electron chi connectivity index (χ1n) is 4.21. The van der Waals surface area contributed by atoms with Gasteiger partial charge < -0.3 is 4.74 Å². The Morgan fingerprint density at radius 2 is 2.38 bits per heavy atom. The van der Waals surface area contributed by atoms with Crippen molar-refractivity contribution in [2.45, 2.75) is 26.4 Å². The topological polar surface area (TPSA) is 45.9 Å². The van der Waals surface area contributed by atoms with E-state index in [1.807, 2.05) is 19.9 Å². The van der Waals surface area contributed by atoms with E-state index in [0.717, 1.165) is 11.4 Å². The third-order valence-corrected chi connectivity index (χ3v) is 1.42. The summed E-state index contributed by atoms with van der Waals surface area (Å²) >= 11 is 0. The Morgan fingerprint density at radius 1 is 1.62 bits per heavy atom. The number of aromatic nitrogens is 1. The van der Waals surface area contributed by atoms with Crippen LogP contribution < -0.4 is 4.74 Å². The minimum atomic E-state index is 0.150. The average Bonchev–Trinajstić information content (AvgIpc) is 2.04. The molecule has 0 aliphatic carbocycles. The summed E-state index contributed by atoms with van der Waals surface area (Å²) in [6, 6.07) is 5.63. The molecule has 0 aromatic carbocycles. The average molecular weight is 176 g/mol. The van der Waals surface area contributed by atoms with Crippen molar-refractivity contribution < 1.29 is 4.74 Å². The van der Waals surface area contributed by atoms with E-state index < -0.39 is 0 Å². The van der Waals surface area contributed by atoms with E-state index in [4.69, 9.17) is 10.00 Å². The summed E-state index contributed by atoms with van der Waals surface area (Å²) < 4.78 is 5.45. The highest BCUT2D eigenvalue weighted by Crippen LogP contribution is 2.12. The molecule has 3 nitrogen and oxygen atoms in total. The predicted octanol–water partition coefficient (Wildman–Crippen LogP) is 1.93. The first-order valence-corrected chi connectivity index (χ1v) is 4.21. The molecule has 0 unspecified atom stereocenters. The van der Waals surface area contributed by atoms with Crippen LogP contribution in [0.25, 0.3) is 0 Å². The molecule has 1 aromatic heterocycles. The third kappa shape index (κ3) is 3.12. The molecule has 1 aromatic rings. The maximum Gasteiger partial charge on any atom is 0.123 e. The Kier molecular flexibility index (Phi) is 3.27. The van der Waals surface area contributed by atoms with Gasteiger partial charge in [-0.2, -0.15) is 5.26 Å². The highest BCUT2D eigenvalue weighted by Gasteiger charge is 1.99. The van der Waals surface area contributed by atoms with Crippen molar-refractivity contribution in [3.05, 3.63) is 24.0 Å². The number of rotatable bonds is 3. The maximum absolute atomic E-state index is 8.46. The van der Waals surface area contributed by atoms with E-state index in [-0.39, 0.29) is 6.10 Å². The Balaban J connectivity index is 2.74. The lowest BCUT2D eigenvalue weighted by atomic mass is 10.3. The zero-order valence-corrected chi connectivity index (χ0v) is 7.82. The number of pyridine rings is 1. The maximum atomic E-state index is 8.46. The first kappa shape index (κ1) is 9.53. The van der Waals surface area contributed by atoms with Gasteiger partial charge in [-0.15, -0.1) is 0 Å². The molecule has 0 radical (unpaired) electrons. The summed E-state index contributed by atoms with van der Waals surface area (Å²) in [5.41, 5.74) is 0.751. The minimum absolute atomic E-state index is 0.150. The van der Waals surface area contributed by atoms with Gasteiger partial charge in [0.05, 0.1) is 24.3 Å². The highest BCUT2D eigenvalue weighted by molar-refractivity contribution is 5.24. The standard InChI is InChI=1S/C10H12N2O/c1-8(2)13-10-4-6-12-9(7-10)3-5-11/h4,6-8H,3H2,1-2H3. The minimum Gasteiger partial charge on any atom is -0.491 e. The van der Waals surface area contributed by atoms with Crippen LogP contribution in [0.15, 0.2) is 18.3 Å². The molecule has 0 atom stereocenters. The molecule has 1 rings (SSSR count). The molecular weight excluding hydrogens is 164 g/mol. The second-order valence-corrected chi connectivity index (χ2v) is 2.98. The number of hydrogen-bond acceptors (Lipinski definition) is 3. The highest BCUT2D eigenvalue weighted by atomic mass is 16.5. The number of nitriles is 1. The molecule has 1 heterocycles. The van der Waals surface area contributed by atoms with Crippen molar-refractivity contribution in [1.29, 1.82) is 5.26 Å². The quantitative estimate of drug-likeness (QED) is 0.707. The molecule has 0 fully saturated rings. The van der Waals surface area contributed by atoms with Crippen LogP contribution >= 0.6 is 0 Å². The molecule has 0 aliphatic rings. The van der Waals surface area contributed by atoms with Gasteiger partial charge in [0.15, 0.2) is 0 Å². The van der Waals surface area contributed by atoms with E-state index in [1.165, 1.54) is 0 Å². The van der Waals surface area contributed by atoms with Crippen molar-refractivity contribution in [1.82, 2.24) is 4.98 Å². The molecule has 0 N–H and O–H groups in total. The fourth-order valence-corrected chi connectivity index (χ4v) is 0.979. The van der Waals surface area contributed by atoms with Gasteiger partial charge in [-0.1, -0.05) is 0 Å². The van der Waals surface area contributed by atoms with E-state index in [2.05, 4.69) is 4.98 Å². The van der Waals surface area contributed by atoms with Gasteiger partial charge in [0.1, 0.15) is 5.75 Å². The second kappa shape index (κ2) is 4.46. The molecule has 13 heavy (non-hydrogen) atoms. The lowest BCUT2D eigenvalue weighted by molar-refractivity contribution is 0.242. The molecule has 68 valence electrons. The van der Waals surface area contributed by atoms with Gasteiger partial charge in [-0.25, -0.2) is 0 Å². The van der Waals surface area contributed by atoms with Gasteiger partial charge in [0.2, 0.25) is 0 Å². The van der Waals surface area contributed by atoms with Crippen LogP contribution in [-0.2, 0) is 6.42 Å². The van der Waals surface area contributed by atoms with Crippen molar-refractivity contribution in [2.75, 3.05) is 0 Å². The molecule has 0 bridgehead atoms. The van der Waals surface area contributed by atoms with Gasteiger partial charge in [-0.3, -0.25) is 4.98 Å². The van der Waals surface area contributed by atoms with Crippen molar-refractivity contribution in [2.24, 2.45) is 0 Å². The van der Waals surface area contributed by atoms with Crippen LogP contribution in [0, 0.1) is 11.3 Å². The fraction of sp³-hybridized carbons (Fsp3) is 0.400. The van der Waals surface area contributed by atoms with Gasteiger partial charge in [0, 0.05) is 12.3 Å². The van der Waals surface area contributed by atoms with Crippen LogP contribution in [0.2, 0.25) is 0 Å². The summed E-state index contributed by atoms with van der Waals surface area (Å²) in [5, 5.41) is 8.46. The Hall–Kier alpha value is -1.56. The SMILES string of the molecule is CC(C)Oc1ccnc(CC#N)c1. The summed E-state index contributed by atoms with van der Waals surface area (Å²) in [7, 11) is 0. The number of ether oxygens (including phenoxy) is 1. The first-order chi connectivity index (χ1) is 6.22. The van der Waals surface area contributed by atoms with Crippen molar-refractivity contribution in [3.8, 4) is 11.8 Å². The third-order valence-electron chi connectivity index (χ3n) is 1.42. The van der Waals surface area contributed by atoms with Crippen LogP contribution in [0.1, 0.15) is 19.5 Å². The van der Waals surface area contributed by atoms with Crippen LogP contribution in [0.3, 0.4) is 0 Å². The van der Waals surface area contributed by atoms with E-state index in [9.17, 15) is 0 Å². The Bertz CT molecular complexity index is 315. The summed E-state index contributed by atoms with van der Waals surface area (Å²) in [5.74, 6) is 0.773. The molecule has 3 heteroatoms. The Labute approximate surface area is 78.0 Å². The zero-order chi connectivity index (χ0) is 9.68. The van der Waals surface area contributed by atoms with Crippen LogP contribution in [0.4, 0.5) is 0 Å². The fourth-order valence-electron chi connectivity index (χ4n) is 0.979. The van der Waals surface area contributed by atoms with Gasteiger partial charge in [-0.05, 0) is 19.9 Å². The van der Waals surface area contributed by atoms with Crippen molar-refractivity contribution >= 4 is 0 Å². The van der Waals surface area contributed by atoms with E-state index in [1.54, 1.807) is 18.3 Å². The van der Waals surface area contributed by atoms with Gasteiger partial charge in [0.25, 0.3) is 0 Å². The molecule has 0 saturated carbocycles. The molecule has 0 amide bonds. The number of nitrogens with zero attached hydrogens (tertiary/aromatic N) is 2. The molecule has 0 spiro atoms. The second-order valence-electron chi connectivity index (χ2n) is 2.98. The van der Waals surface area contributed by atoms with Crippen LogP contribution in [-0.4, -0.2) is 11.1 Å². The summed E-state index contributed by atoms with van der Waals surface area (Å²) in [6.07, 6.45) is 2.14. The largest absolute Gasteiger partial charge is 0.491 e. The molecule has 0 saturated heterocycles. The smallest absolute Gasteiger partial charge is 0.123 e. The zero-order valence-electron chi connectivity index (χ0n) is 7.82. The summed E-state index contributed by atoms with van der Waals surface area (Å²) in [4.78, 5) is 4.03. The predicted molar refractivity (Wildman–Crippen MR) is 49.3 cm³/mol.